The monoisotopic (exact) mass is 492 g/mol. The van der Waals surface area contributed by atoms with E-state index in [9.17, 15) is 0 Å². The van der Waals surface area contributed by atoms with Crippen LogP contribution >= 0.6 is 39.1 Å². The van der Waals surface area contributed by atoms with Gasteiger partial charge in [0, 0.05) is 20.1 Å². The topological polar surface area (TPSA) is 42.8 Å². The van der Waals surface area contributed by atoms with Crippen LogP contribution < -0.4 is 14.9 Å². The van der Waals surface area contributed by atoms with Gasteiger partial charge in [0.05, 0.1) is 19.9 Å². The lowest BCUT2D eigenvalue weighted by molar-refractivity contribution is 0.284. The molecule has 0 atom stereocenters. The first-order valence-corrected chi connectivity index (χ1v) is 10.4. The Labute approximate surface area is 188 Å². The molecule has 3 rings (SSSR count). The van der Waals surface area contributed by atoms with Crippen molar-refractivity contribution in [3.63, 3.8) is 0 Å². The highest BCUT2D eigenvalue weighted by atomic mass is 79.9. The van der Waals surface area contributed by atoms with Crippen molar-refractivity contribution >= 4 is 45.3 Å². The second kappa shape index (κ2) is 10.5. The SMILES string of the molecule is COc1cc(/C=N\NCc2c(Cl)cccc2Cl)ccc1OCc1ccc(Br)cc1. The van der Waals surface area contributed by atoms with E-state index in [2.05, 4.69) is 26.5 Å². The van der Waals surface area contributed by atoms with Crippen LogP contribution in [0.4, 0.5) is 0 Å². The first-order chi connectivity index (χ1) is 14.1. The number of methoxy groups -OCH3 is 1. The van der Waals surface area contributed by atoms with Crippen LogP contribution in [0.15, 0.2) is 70.2 Å². The average Bonchev–Trinajstić information content (AvgIpc) is 2.73. The fraction of sp³-hybridized carbons (Fsp3) is 0.136. The molecule has 0 aliphatic rings. The van der Waals surface area contributed by atoms with E-state index in [0.29, 0.717) is 34.7 Å². The largest absolute Gasteiger partial charge is 0.493 e. The zero-order valence-corrected chi connectivity index (χ0v) is 18.8. The molecule has 3 aromatic rings. The number of halogens is 3. The average molecular weight is 494 g/mol. The number of hydrogen-bond acceptors (Lipinski definition) is 4. The van der Waals surface area contributed by atoms with Crippen LogP contribution in [0, 0.1) is 0 Å². The van der Waals surface area contributed by atoms with Crippen LogP contribution in [0.1, 0.15) is 16.7 Å². The quantitative estimate of drug-likeness (QED) is 0.289. The fourth-order valence-electron chi connectivity index (χ4n) is 2.57. The summed E-state index contributed by atoms with van der Waals surface area (Å²) in [7, 11) is 1.61. The van der Waals surface area contributed by atoms with Gasteiger partial charge in [0.1, 0.15) is 6.61 Å². The van der Waals surface area contributed by atoms with Crippen molar-refractivity contribution in [1.82, 2.24) is 5.43 Å². The molecule has 0 radical (unpaired) electrons. The minimum absolute atomic E-state index is 0.431. The molecule has 0 fully saturated rings. The van der Waals surface area contributed by atoms with E-state index in [1.807, 2.05) is 48.5 Å². The van der Waals surface area contributed by atoms with E-state index < -0.39 is 0 Å². The lowest BCUT2D eigenvalue weighted by Gasteiger charge is -2.11. The Bertz CT molecular complexity index is 974. The van der Waals surface area contributed by atoms with Crippen molar-refractivity contribution < 1.29 is 9.47 Å². The second-order valence-electron chi connectivity index (χ2n) is 6.12. The van der Waals surface area contributed by atoms with Gasteiger partial charge in [0.25, 0.3) is 0 Å². The Morgan fingerprint density at radius 2 is 1.72 bits per heavy atom. The van der Waals surface area contributed by atoms with Gasteiger partial charge in [-0.15, -0.1) is 0 Å². The number of hydrazone groups is 1. The van der Waals surface area contributed by atoms with Gasteiger partial charge in [-0.1, -0.05) is 57.3 Å². The standard InChI is InChI=1S/C22H19BrCl2N2O2/c1-28-22-11-16(12-26-27-13-18-19(24)3-2-4-20(18)25)7-10-21(22)29-14-15-5-8-17(23)9-6-15/h2-12,27H,13-14H2,1H3/b26-12-. The molecular formula is C22H19BrCl2N2O2. The minimum Gasteiger partial charge on any atom is -0.493 e. The fourth-order valence-corrected chi connectivity index (χ4v) is 3.37. The Hall–Kier alpha value is -2.21. The maximum Gasteiger partial charge on any atom is 0.161 e. The van der Waals surface area contributed by atoms with E-state index >= 15 is 0 Å². The predicted molar refractivity (Wildman–Crippen MR) is 122 cm³/mol. The van der Waals surface area contributed by atoms with Gasteiger partial charge in [-0.25, -0.2) is 0 Å². The second-order valence-corrected chi connectivity index (χ2v) is 7.85. The Kier molecular flexibility index (Phi) is 7.81. The van der Waals surface area contributed by atoms with Gasteiger partial charge < -0.3 is 14.9 Å². The van der Waals surface area contributed by atoms with Crippen molar-refractivity contribution in [2.24, 2.45) is 5.10 Å². The van der Waals surface area contributed by atoms with Gasteiger partial charge in [-0.05, 0) is 53.6 Å². The molecule has 7 heteroatoms. The van der Waals surface area contributed by atoms with Crippen LogP contribution in [0.5, 0.6) is 11.5 Å². The normalized spacial score (nSPS) is 10.9. The van der Waals surface area contributed by atoms with Gasteiger partial charge >= 0.3 is 0 Å². The van der Waals surface area contributed by atoms with Gasteiger partial charge in [-0.3, -0.25) is 0 Å². The highest BCUT2D eigenvalue weighted by Crippen LogP contribution is 2.28. The summed E-state index contributed by atoms with van der Waals surface area (Å²) >= 11 is 15.7. The number of nitrogens with one attached hydrogen (secondary N) is 1. The maximum atomic E-state index is 6.16. The van der Waals surface area contributed by atoms with Crippen molar-refractivity contribution in [3.05, 3.63) is 91.9 Å². The number of rotatable bonds is 8. The summed E-state index contributed by atoms with van der Waals surface area (Å²) in [6.07, 6.45) is 1.70. The van der Waals surface area contributed by atoms with E-state index in [1.54, 1.807) is 25.5 Å². The molecule has 0 aromatic heterocycles. The van der Waals surface area contributed by atoms with Crippen LogP contribution in [-0.4, -0.2) is 13.3 Å². The number of nitrogens with zero attached hydrogens (tertiary/aromatic N) is 1. The maximum absolute atomic E-state index is 6.16. The van der Waals surface area contributed by atoms with Crippen LogP contribution in [0.3, 0.4) is 0 Å². The zero-order chi connectivity index (χ0) is 20.6. The molecule has 0 saturated heterocycles. The van der Waals surface area contributed by atoms with Gasteiger partial charge in [0.15, 0.2) is 11.5 Å². The van der Waals surface area contributed by atoms with E-state index in [-0.39, 0.29) is 0 Å². The summed E-state index contributed by atoms with van der Waals surface area (Å²) < 4.78 is 12.4. The molecule has 1 N–H and O–H groups in total. The van der Waals surface area contributed by atoms with Crippen LogP contribution in [0.2, 0.25) is 10.0 Å². The van der Waals surface area contributed by atoms with Crippen LogP contribution in [0.25, 0.3) is 0 Å². The van der Waals surface area contributed by atoms with Gasteiger partial charge in [0.2, 0.25) is 0 Å². The number of hydrogen-bond donors (Lipinski definition) is 1. The molecule has 0 saturated carbocycles. The smallest absolute Gasteiger partial charge is 0.161 e. The number of benzene rings is 3. The molecule has 0 bridgehead atoms. The van der Waals surface area contributed by atoms with Gasteiger partial charge in [-0.2, -0.15) is 5.10 Å². The predicted octanol–water partition coefficient (Wildman–Crippen LogP) is 6.47. The zero-order valence-electron chi connectivity index (χ0n) is 15.7. The lowest BCUT2D eigenvalue weighted by Crippen LogP contribution is -2.06. The molecule has 0 unspecified atom stereocenters. The molecule has 0 heterocycles. The first kappa shape index (κ1) is 21.5. The molecule has 0 aliphatic carbocycles. The molecular weight excluding hydrogens is 475 g/mol. The molecule has 0 spiro atoms. The van der Waals surface area contributed by atoms with Crippen LogP contribution in [-0.2, 0) is 13.2 Å². The highest BCUT2D eigenvalue weighted by molar-refractivity contribution is 9.10. The Balaban J connectivity index is 1.60. The summed E-state index contributed by atoms with van der Waals surface area (Å²) in [5.41, 5.74) is 5.71. The molecule has 29 heavy (non-hydrogen) atoms. The van der Waals surface area contributed by atoms with Crippen molar-refractivity contribution in [3.8, 4) is 11.5 Å². The Morgan fingerprint density at radius 1 is 1.00 bits per heavy atom. The molecule has 0 aliphatic heterocycles. The van der Waals surface area contributed by atoms with Crippen molar-refractivity contribution in [2.75, 3.05) is 7.11 Å². The van der Waals surface area contributed by atoms with Crippen molar-refractivity contribution in [2.45, 2.75) is 13.2 Å². The Morgan fingerprint density at radius 3 is 2.41 bits per heavy atom. The highest BCUT2D eigenvalue weighted by Gasteiger charge is 2.06. The first-order valence-electron chi connectivity index (χ1n) is 8.81. The summed E-state index contributed by atoms with van der Waals surface area (Å²) in [6, 6.07) is 19.0. The summed E-state index contributed by atoms with van der Waals surface area (Å²) in [6.45, 7) is 0.887. The third-order valence-electron chi connectivity index (χ3n) is 4.12. The minimum atomic E-state index is 0.431. The summed E-state index contributed by atoms with van der Waals surface area (Å²) in [5.74, 6) is 1.31. The molecule has 0 amide bonds. The molecule has 4 nitrogen and oxygen atoms in total. The summed E-state index contributed by atoms with van der Waals surface area (Å²) in [5, 5.41) is 5.44. The summed E-state index contributed by atoms with van der Waals surface area (Å²) in [4.78, 5) is 0. The van der Waals surface area contributed by atoms with E-state index in [4.69, 9.17) is 32.7 Å². The van der Waals surface area contributed by atoms with Crippen molar-refractivity contribution in [1.29, 1.82) is 0 Å². The molecule has 150 valence electrons. The number of ether oxygens (including phenoxy) is 2. The lowest BCUT2D eigenvalue weighted by atomic mass is 10.2. The third kappa shape index (κ3) is 6.13. The van der Waals surface area contributed by atoms with E-state index in [1.165, 1.54) is 0 Å². The third-order valence-corrected chi connectivity index (χ3v) is 5.35. The molecule has 3 aromatic carbocycles. The van der Waals surface area contributed by atoms with E-state index in [0.717, 1.165) is 21.2 Å².